The number of carbonyl (C=O) groups excluding carboxylic acids is 1. The monoisotopic (exact) mass is 330 g/mol. The van der Waals surface area contributed by atoms with E-state index in [1.165, 1.54) is 0 Å². The molecule has 0 saturated carbocycles. The van der Waals surface area contributed by atoms with E-state index in [2.05, 4.69) is 10.3 Å². The van der Waals surface area contributed by atoms with Crippen LogP contribution in [-0.4, -0.2) is 18.7 Å². The Morgan fingerprint density at radius 1 is 0.840 bits per heavy atom. The summed E-state index contributed by atoms with van der Waals surface area (Å²) in [4.78, 5) is 17.4. The smallest absolute Gasteiger partial charge is 0.228 e. The lowest BCUT2D eigenvalue weighted by molar-refractivity contribution is 0.106. The average Bonchev–Trinajstić information content (AvgIpc) is 2.68. The van der Waals surface area contributed by atoms with Crippen molar-refractivity contribution in [3.05, 3.63) is 90.5 Å². The molecule has 4 heteroatoms. The number of ether oxygens (including phenoxy) is 1. The van der Waals surface area contributed by atoms with Gasteiger partial charge in [0.1, 0.15) is 5.75 Å². The minimum Gasteiger partial charge on any atom is -0.497 e. The number of aliphatic imine (C=N–C) groups is 1. The third kappa shape index (κ3) is 4.32. The van der Waals surface area contributed by atoms with E-state index in [9.17, 15) is 4.79 Å². The number of anilines is 1. The summed E-state index contributed by atoms with van der Waals surface area (Å²) in [5.74, 6) is 0.784. The first-order valence-electron chi connectivity index (χ1n) is 7.91. The highest BCUT2D eigenvalue weighted by molar-refractivity contribution is 6.49. The van der Waals surface area contributed by atoms with Crippen LogP contribution in [0.5, 0.6) is 5.75 Å². The third-order valence-corrected chi connectivity index (χ3v) is 3.60. The van der Waals surface area contributed by atoms with Gasteiger partial charge in [-0.05, 0) is 48.5 Å². The van der Waals surface area contributed by atoms with Gasteiger partial charge in [0.25, 0.3) is 0 Å². The molecule has 0 fully saturated rings. The van der Waals surface area contributed by atoms with Gasteiger partial charge in [-0.2, -0.15) is 0 Å². The summed E-state index contributed by atoms with van der Waals surface area (Å²) < 4.78 is 5.14. The van der Waals surface area contributed by atoms with E-state index in [1.54, 1.807) is 31.4 Å². The topological polar surface area (TPSA) is 50.7 Å². The second kappa shape index (κ2) is 7.93. The SMILES string of the molecule is COc1ccc(C(=O)C(=Nc2ccccc2)Nc2ccccc2)cc1. The highest BCUT2D eigenvalue weighted by atomic mass is 16.5. The standard InChI is InChI=1S/C21H18N2O2/c1-25-19-14-12-16(13-15-19)20(24)21(22-17-8-4-2-5-9-17)23-18-10-6-3-7-11-18/h2-15H,1H3,(H,22,23). The molecule has 0 radical (unpaired) electrons. The van der Waals surface area contributed by atoms with Crippen LogP contribution >= 0.6 is 0 Å². The van der Waals surface area contributed by atoms with Crippen molar-refractivity contribution in [2.75, 3.05) is 12.4 Å². The Hall–Kier alpha value is -3.40. The molecule has 3 aromatic rings. The zero-order valence-electron chi connectivity index (χ0n) is 13.8. The van der Waals surface area contributed by atoms with Gasteiger partial charge < -0.3 is 10.1 Å². The van der Waals surface area contributed by atoms with Crippen LogP contribution in [0.15, 0.2) is 89.9 Å². The number of Topliss-reactive ketones (excluding diaryl/α,β-unsaturated/α-hetero) is 1. The van der Waals surface area contributed by atoms with Gasteiger partial charge >= 0.3 is 0 Å². The summed E-state index contributed by atoms with van der Waals surface area (Å²) in [5, 5.41) is 3.12. The van der Waals surface area contributed by atoms with Gasteiger partial charge in [0.15, 0.2) is 5.84 Å². The Kier molecular flexibility index (Phi) is 5.22. The zero-order chi connectivity index (χ0) is 17.5. The second-order valence-corrected chi connectivity index (χ2v) is 5.34. The Morgan fingerprint density at radius 3 is 2.04 bits per heavy atom. The third-order valence-electron chi connectivity index (χ3n) is 3.60. The van der Waals surface area contributed by atoms with Crippen LogP contribution < -0.4 is 10.1 Å². The number of para-hydroxylation sites is 2. The molecule has 0 amide bonds. The molecule has 0 aromatic heterocycles. The maximum atomic E-state index is 12.9. The van der Waals surface area contributed by atoms with Crippen LogP contribution in [0.4, 0.5) is 11.4 Å². The molecule has 0 spiro atoms. The number of hydrogen-bond donors (Lipinski definition) is 1. The van der Waals surface area contributed by atoms with Crippen molar-refractivity contribution in [2.24, 2.45) is 4.99 Å². The maximum absolute atomic E-state index is 12.9. The van der Waals surface area contributed by atoms with Crippen LogP contribution in [0.2, 0.25) is 0 Å². The molecule has 0 heterocycles. The van der Waals surface area contributed by atoms with Crippen molar-refractivity contribution in [3.63, 3.8) is 0 Å². The van der Waals surface area contributed by atoms with Crippen molar-refractivity contribution < 1.29 is 9.53 Å². The molecule has 3 aromatic carbocycles. The van der Waals surface area contributed by atoms with Gasteiger partial charge in [-0.25, -0.2) is 4.99 Å². The van der Waals surface area contributed by atoms with Crippen LogP contribution in [0.3, 0.4) is 0 Å². The molecule has 0 unspecified atom stereocenters. The van der Waals surface area contributed by atoms with Gasteiger partial charge in [-0.3, -0.25) is 4.79 Å². The number of carbonyl (C=O) groups is 1. The van der Waals surface area contributed by atoms with E-state index < -0.39 is 0 Å². The molecule has 0 aliphatic heterocycles. The molecule has 0 saturated heterocycles. The summed E-state index contributed by atoms with van der Waals surface area (Å²) in [6.45, 7) is 0. The van der Waals surface area contributed by atoms with E-state index in [0.29, 0.717) is 17.0 Å². The number of hydrogen-bond acceptors (Lipinski definition) is 3. The Bertz CT molecular complexity index is 857. The predicted octanol–water partition coefficient (Wildman–Crippen LogP) is 4.72. The van der Waals surface area contributed by atoms with Crippen LogP contribution in [-0.2, 0) is 0 Å². The summed E-state index contributed by atoms with van der Waals surface area (Å²) in [5.41, 5.74) is 2.06. The lowest BCUT2D eigenvalue weighted by Gasteiger charge is -2.10. The maximum Gasteiger partial charge on any atom is 0.228 e. The molecular weight excluding hydrogens is 312 g/mol. The van der Waals surface area contributed by atoms with Gasteiger partial charge in [0, 0.05) is 11.3 Å². The highest BCUT2D eigenvalue weighted by Gasteiger charge is 2.15. The summed E-state index contributed by atoms with van der Waals surface area (Å²) in [6, 6.07) is 25.9. The van der Waals surface area contributed by atoms with Crippen LogP contribution in [0.1, 0.15) is 10.4 Å². The number of amidine groups is 1. The van der Waals surface area contributed by atoms with Crippen molar-refractivity contribution in [1.82, 2.24) is 0 Å². The van der Waals surface area contributed by atoms with Crippen LogP contribution in [0, 0.1) is 0 Å². The van der Waals surface area contributed by atoms with E-state index >= 15 is 0 Å². The first-order chi connectivity index (χ1) is 12.3. The fraction of sp³-hybridized carbons (Fsp3) is 0.0476. The lowest BCUT2D eigenvalue weighted by atomic mass is 10.1. The Morgan fingerprint density at radius 2 is 1.44 bits per heavy atom. The van der Waals surface area contributed by atoms with Gasteiger partial charge in [-0.1, -0.05) is 36.4 Å². The molecule has 0 atom stereocenters. The van der Waals surface area contributed by atoms with Crippen LogP contribution in [0.25, 0.3) is 0 Å². The van der Waals surface area contributed by atoms with Gasteiger partial charge in [-0.15, -0.1) is 0 Å². The number of methoxy groups -OCH3 is 1. The molecule has 3 rings (SSSR count). The van der Waals surface area contributed by atoms with E-state index in [4.69, 9.17) is 4.74 Å². The molecular formula is C21H18N2O2. The molecule has 1 N–H and O–H groups in total. The summed E-state index contributed by atoms with van der Waals surface area (Å²) >= 11 is 0. The highest BCUT2D eigenvalue weighted by Crippen LogP contribution is 2.16. The number of rotatable bonds is 5. The van der Waals surface area contributed by atoms with Gasteiger partial charge in [0.2, 0.25) is 5.78 Å². The Balaban J connectivity index is 1.94. The quantitative estimate of drug-likeness (QED) is 0.418. The van der Waals surface area contributed by atoms with Crippen molar-refractivity contribution in [3.8, 4) is 5.75 Å². The molecule has 0 aliphatic rings. The van der Waals surface area contributed by atoms with E-state index in [1.807, 2.05) is 60.7 Å². The van der Waals surface area contributed by atoms with Gasteiger partial charge in [0.05, 0.1) is 12.8 Å². The molecule has 25 heavy (non-hydrogen) atoms. The average molecular weight is 330 g/mol. The second-order valence-electron chi connectivity index (χ2n) is 5.34. The lowest BCUT2D eigenvalue weighted by Crippen LogP contribution is -2.23. The minimum absolute atomic E-state index is 0.185. The van der Waals surface area contributed by atoms with Crippen molar-refractivity contribution in [2.45, 2.75) is 0 Å². The van der Waals surface area contributed by atoms with Crippen molar-refractivity contribution in [1.29, 1.82) is 0 Å². The van der Waals surface area contributed by atoms with E-state index in [0.717, 1.165) is 5.69 Å². The fourth-order valence-electron chi connectivity index (χ4n) is 2.30. The molecule has 0 bridgehead atoms. The minimum atomic E-state index is -0.185. The molecule has 124 valence electrons. The predicted molar refractivity (Wildman–Crippen MR) is 101 cm³/mol. The zero-order valence-corrected chi connectivity index (χ0v) is 13.8. The molecule has 4 nitrogen and oxygen atoms in total. The first kappa shape index (κ1) is 16.5. The first-order valence-corrected chi connectivity index (χ1v) is 7.91. The Labute approximate surface area is 146 Å². The number of nitrogens with zero attached hydrogens (tertiary/aromatic N) is 1. The number of ketones is 1. The molecule has 0 aliphatic carbocycles. The summed E-state index contributed by atoms with van der Waals surface area (Å²) in [6.07, 6.45) is 0. The van der Waals surface area contributed by atoms with Crippen molar-refractivity contribution >= 4 is 23.0 Å². The fourth-order valence-corrected chi connectivity index (χ4v) is 2.30. The largest absolute Gasteiger partial charge is 0.497 e. The number of nitrogens with one attached hydrogen (secondary N) is 1. The normalized spacial score (nSPS) is 11.0. The number of benzene rings is 3. The summed E-state index contributed by atoms with van der Waals surface area (Å²) in [7, 11) is 1.59. The van der Waals surface area contributed by atoms with E-state index in [-0.39, 0.29) is 11.6 Å².